The normalized spacial score (nSPS) is 12.1. The van der Waals surface area contributed by atoms with Crippen molar-refractivity contribution in [3.05, 3.63) is 29.8 Å². The third-order valence-corrected chi connectivity index (χ3v) is 1.97. The summed E-state index contributed by atoms with van der Waals surface area (Å²) < 4.78 is 27.8. The highest BCUT2D eigenvalue weighted by Gasteiger charge is 2.06. The van der Waals surface area contributed by atoms with Gasteiger partial charge in [0.1, 0.15) is 5.75 Å². The lowest BCUT2D eigenvalue weighted by molar-refractivity contribution is -0.0498. The Balaban J connectivity index is 0.00000196. The van der Waals surface area contributed by atoms with Crippen LogP contribution in [0.4, 0.5) is 8.78 Å². The molecule has 86 valence electrons. The molecule has 1 rings (SSSR count). The second-order valence-corrected chi connectivity index (χ2v) is 2.96. The van der Waals surface area contributed by atoms with E-state index in [1.165, 1.54) is 12.1 Å². The first-order valence-electron chi connectivity index (χ1n) is 4.43. The van der Waals surface area contributed by atoms with Gasteiger partial charge in [0, 0.05) is 6.04 Å². The second kappa shape index (κ2) is 6.58. The van der Waals surface area contributed by atoms with Crippen LogP contribution < -0.4 is 10.5 Å². The maximum atomic E-state index is 11.8. The van der Waals surface area contributed by atoms with E-state index in [9.17, 15) is 8.78 Å². The van der Waals surface area contributed by atoms with E-state index in [1.807, 2.05) is 6.92 Å². The molecular weight excluding hydrogens is 224 g/mol. The van der Waals surface area contributed by atoms with E-state index in [1.54, 1.807) is 12.1 Å². The highest BCUT2D eigenvalue weighted by molar-refractivity contribution is 5.85. The summed E-state index contributed by atoms with van der Waals surface area (Å²) >= 11 is 0. The van der Waals surface area contributed by atoms with Gasteiger partial charge in [0.15, 0.2) is 0 Å². The quantitative estimate of drug-likeness (QED) is 0.873. The van der Waals surface area contributed by atoms with E-state index in [0.717, 1.165) is 12.0 Å². The molecule has 0 aliphatic rings. The maximum absolute atomic E-state index is 11.8. The van der Waals surface area contributed by atoms with E-state index < -0.39 is 6.61 Å². The van der Waals surface area contributed by atoms with Gasteiger partial charge in [-0.3, -0.25) is 0 Å². The summed E-state index contributed by atoms with van der Waals surface area (Å²) in [4.78, 5) is 0. The first kappa shape index (κ1) is 14.1. The summed E-state index contributed by atoms with van der Waals surface area (Å²) in [5.74, 6) is 0.159. The van der Waals surface area contributed by atoms with Crippen molar-refractivity contribution in [1.82, 2.24) is 0 Å². The summed E-state index contributed by atoms with van der Waals surface area (Å²) in [7, 11) is 0. The average Bonchev–Trinajstić information content (AvgIpc) is 2.17. The first-order chi connectivity index (χ1) is 6.63. The van der Waals surface area contributed by atoms with Crippen LogP contribution in [-0.4, -0.2) is 6.61 Å². The van der Waals surface area contributed by atoms with Crippen LogP contribution in [0.25, 0.3) is 0 Å². The molecule has 0 saturated heterocycles. The summed E-state index contributed by atoms with van der Waals surface area (Å²) in [5, 5.41) is 0. The molecule has 0 saturated carbocycles. The van der Waals surface area contributed by atoms with Crippen molar-refractivity contribution in [1.29, 1.82) is 0 Å². The van der Waals surface area contributed by atoms with Crippen molar-refractivity contribution in [2.24, 2.45) is 5.73 Å². The van der Waals surface area contributed by atoms with Crippen LogP contribution >= 0.6 is 12.4 Å². The Kier molecular flexibility index (Phi) is 6.20. The Morgan fingerprint density at radius 2 is 1.80 bits per heavy atom. The Bertz CT molecular complexity index is 279. The fourth-order valence-electron chi connectivity index (χ4n) is 1.13. The van der Waals surface area contributed by atoms with E-state index in [-0.39, 0.29) is 24.2 Å². The van der Waals surface area contributed by atoms with Gasteiger partial charge in [-0.15, -0.1) is 12.4 Å². The zero-order chi connectivity index (χ0) is 10.6. The number of alkyl halides is 2. The van der Waals surface area contributed by atoms with Crippen molar-refractivity contribution >= 4 is 12.4 Å². The van der Waals surface area contributed by atoms with Gasteiger partial charge in [-0.05, 0) is 24.1 Å². The minimum absolute atomic E-state index is 0. The minimum atomic E-state index is -2.78. The van der Waals surface area contributed by atoms with Crippen molar-refractivity contribution in [3.8, 4) is 5.75 Å². The number of rotatable bonds is 4. The standard InChI is InChI=1S/C10H13F2NO.ClH/c1-2-9(13)7-3-5-8(6-4-7)14-10(11)12;/h3-6,9-10H,2,13H2,1H3;1H/t9-;/m0./s1. The number of benzene rings is 1. The minimum Gasteiger partial charge on any atom is -0.435 e. The molecule has 5 heteroatoms. The summed E-state index contributed by atoms with van der Waals surface area (Å²) in [6, 6.07) is 6.35. The van der Waals surface area contributed by atoms with E-state index in [4.69, 9.17) is 5.73 Å². The topological polar surface area (TPSA) is 35.2 Å². The van der Waals surface area contributed by atoms with Crippen molar-refractivity contribution < 1.29 is 13.5 Å². The molecule has 1 aromatic rings. The van der Waals surface area contributed by atoms with Crippen molar-refractivity contribution in [2.45, 2.75) is 26.0 Å². The number of hydrogen-bond acceptors (Lipinski definition) is 2. The molecule has 1 atom stereocenters. The highest BCUT2D eigenvalue weighted by atomic mass is 35.5. The lowest BCUT2D eigenvalue weighted by Gasteiger charge is -2.10. The lowest BCUT2D eigenvalue weighted by Crippen LogP contribution is -2.08. The van der Waals surface area contributed by atoms with Gasteiger partial charge in [0.05, 0.1) is 0 Å². The van der Waals surface area contributed by atoms with Gasteiger partial charge in [-0.25, -0.2) is 0 Å². The molecule has 0 aromatic heterocycles. The summed E-state index contributed by atoms with van der Waals surface area (Å²) in [5.41, 5.74) is 6.68. The van der Waals surface area contributed by atoms with Crippen molar-refractivity contribution in [2.75, 3.05) is 0 Å². The summed E-state index contributed by atoms with van der Waals surface area (Å²) in [6.45, 7) is -0.811. The molecule has 0 heterocycles. The zero-order valence-electron chi connectivity index (χ0n) is 8.32. The average molecular weight is 238 g/mol. The first-order valence-corrected chi connectivity index (χ1v) is 4.43. The molecule has 0 spiro atoms. The summed E-state index contributed by atoms with van der Waals surface area (Å²) in [6.07, 6.45) is 0.815. The molecule has 0 amide bonds. The lowest BCUT2D eigenvalue weighted by atomic mass is 10.1. The van der Waals surface area contributed by atoms with Gasteiger partial charge >= 0.3 is 6.61 Å². The smallest absolute Gasteiger partial charge is 0.387 e. The molecule has 0 radical (unpaired) electrons. The van der Waals surface area contributed by atoms with Crippen LogP contribution in [0, 0.1) is 0 Å². The van der Waals surface area contributed by atoms with Crippen LogP contribution in [-0.2, 0) is 0 Å². The molecule has 0 aliphatic carbocycles. The largest absolute Gasteiger partial charge is 0.435 e. The van der Waals surface area contributed by atoms with E-state index >= 15 is 0 Å². The van der Waals surface area contributed by atoms with Crippen molar-refractivity contribution in [3.63, 3.8) is 0 Å². The molecule has 0 fully saturated rings. The van der Waals surface area contributed by atoms with Gasteiger partial charge < -0.3 is 10.5 Å². The van der Waals surface area contributed by atoms with Crippen LogP contribution in [0.1, 0.15) is 24.9 Å². The fourth-order valence-corrected chi connectivity index (χ4v) is 1.13. The van der Waals surface area contributed by atoms with Gasteiger partial charge in [-0.1, -0.05) is 19.1 Å². The molecule has 0 unspecified atom stereocenters. The Hall–Kier alpha value is -0.870. The van der Waals surface area contributed by atoms with Gasteiger partial charge in [0.2, 0.25) is 0 Å². The Labute approximate surface area is 93.8 Å². The molecule has 2 N–H and O–H groups in total. The predicted molar refractivity (Wildman–Crippen MR) is 57.5 cm³/mol. The number of halogens is 3. The monoisotopic (exact) mass is 237 g/mol. The maximum Gasteiger partial charge on any atom is 0.387 e. The number of nitrogens with two attached hydrogens (primary N) is 1. The molecule has 0 aliphatic heterocycles. The number of hydrogen-bond donors (Lipinski definition) is 1. The second-order valence-electron chi connectivity index (χ2n) is 2.96. The molecule has 2 nitrogen and oxygen atoms in total. The van der Waals surface area contributed by atoms with Crippen LogP contribution in [0.5, 0.6) is 5.75 Å². The van der Waals surface area contributed by atoms with E-state index in [2.05, 4.69) is 4.74 Å². The van der Waals surface area contributed by atoms with Crippen LogP contribution in [0.2, 0.25) is 0 Å². The molecule has 1 aromatic carbocycles. The zero-order valence-corrected chi connectivity index (χ0v) is 9.14. The third-order valence-electron chi connectivity index (χ3n) is 1.97. The van der Waals surface area contributed by atoms with Crippen LogP contribution in [0.3, 0.4) is 0 Å². The SMILES string of the molecule is CC[C@H](N)c1ccc(OC(F)F)cc1.Cl. The van der Waals surface area contributed by atoms with Gasteiger partial charge in [0.25, 0.3) is 0 Å². The number of ether oxygens (including phenoxy) is 1. The molecule has 15 heavy (non-hydrogen) atoms. The van der Waals surface area contributed by atoms with Crippen LogP contribution in [0.15, 0.2) is 24.3 Å². The highest BCUT2D eigenvalue weighted by Crippen LogP contribution is 2.19. The molecular formula is C10H14ClF2NO. The third kappa shape index (κ3) is 4.44. The Morgan fingerprint density at radius 3 is 2.20 bits per heavy atom. The fraction of sp³-hybridized carbons (Fsp3) is 0.400. The Morgan fingerprint density at radius 1 is 1.27 bits per heavy atom. The molecule has 0 bridgehead atoms. The predicted octanol–water partition coefficient (Wildman–Crippen LogP) is 3.12. The van der Waals surface area contributed by atoms with E-state index in [0.29, 0.717) is 0 Å². The van der Waals surface area contributed by atoms with Gasteiger partial charge in [-0.2, -0.15) is 8.78 Å².